The van der Waals surface area contributed by atoms with Crippen molar-refractivity contribution in [2.75, 3.05) is 26.2 Å². The monoisotopic (exact) mass is 259 g/mol. The van der Waals surface area contributed by atoms with Crippen LogP contribution in [-0.4, -0.2) is 54.2 Å². The van der Waals surface area contributed by atoms with Crippen LogP contribution in [-0.2, 0) is 4.79 Å². The van der Waals surface area contributed by atoms with Gasteiger partial charge < -0.3 is 20.6 Å². The van der Waals surface area contributed by atoms with E-state index in [2.05, 4.69) is 29.4 Å². The summed E-state index contributed by atoms with van der Waals surface area (Å²) in [6.45, 7) is 9.27. The molecule has 0 aliphatic heterocycles. The second-order valence-corrected chi connectivity index (χ2v) is 4.13. The molecule has 0 aromatic heterocycles. The molecule has 0 heterocycles. The number of nitrogens with one attached hydrogen (secondary N) is 2. The topological polar surface area (TPSA) is 81.7 Å². The molecular formula is C12H25N3O3. The van der Waals surface area contributed by atoms with Crippen molar-refractivity contribution in [1.82, 2.24) is 15.5 Å². The molecule has 0 fully saturated rings. The van der Waals surface area contributed by atoms with Crippen LogP contribution in [0.2, 0.25) is 0 Å². The summed E-state index contributed by atoms with van der Waals surface area (Å²) in [7, 11) is 0. The number of hydrogen-bond acceptors (Lipinski definition) is 3. The normalized spacial score (nSPS) is 12.2. The van der Waals surface area contributed by atoms with E-state index in [4.69, 9.17) is 5.11 Å². The lowest BCUT2D eigenvalue weighted by Gasteiger charge is -2.19. The summed E-state index contributed by atoms with van der Waals surface area (Å²) in [6.07, 6.45) is 0.565. The van der Waals surface area contributed by atoms with Crippen molar-refractivity contribution in [3.05, 3.63) is 0 Å². The zero-order chi connectivity index (χ0) is 14.0. The SMILES string of the molecule is CCC(CC(=O)O)NC(=O)NCCN(CC)CC. The number of urea groups is 1. The van der Waals surface area contributed by atoms with Gasteiger partial charge in [-0.15, -0.1) is 0 Å². The van der Waals surface area contributed by atoms with Crippen molar-refractivity contribution in [3.8, 4) is 0 Å². The number of carboxylic acid groups (broad SMARTS) is 1. The smallest absolute Gasteiger partial charge is 0.315 e. The molecular weight excluding hydrogens is 234 g/mol. The fourth-order valence-electron chi connectivity index (χ4n) is 1.61. The van der Waals surface area contributed by atoms with E-state index < -0.39 is 5.97 Å². The molecule has 3 N–H and O–H groups in total. The van der Waals surface area contributed by atoms with Gasteiger partial charge in [0.1, 0.15) is 0 Å². The first-order valence-corrected chi connectivity index (χ1v) is 6.51. The van der Waals surface area contributed by atoms with Gasteiger partial charge in [-0.3, -0.25) is 4.79 Å². The minimum Gasteiger partial charge on any atom is -0.481 e. The van der Waals surface area contributed by atoms with E-state index in [1.54, 1.807) is 0 Å². The molecule has 2 amide bonds. The predicted molar refractivity (Wildman–Crippen MR) is 70.7 cm³/mol. The standard InChI is InChI=1S/C12H25N3O3/c1-4-10(9-11(16)17)14-12(18)13-7-8-15(5-2)6-3/h10H,4-9H2,1-3H3,(H,16,17)(H2,13,14,18). The molecule has 0 rings (SSSR count). The van der Waals surface area contributed by atoms with Crippen LogP contribution in [0.3, 0.4) is 0 Å². The molecule has 0 aliphatic carbocycles. The molecule has 106 valence electrons. The third-order valence-electron chi connectivity index (χ3n) is 2.86. The van der Waals surface area contributed by atoms with Gasteiger partial charge in [-0.2, -0.15) is 0 Å². The van der Waals surface area contributed by atoms with Crippen LogP contribution in [0.1, 0.15) is 33.6 Å². The zero-order valence-corrected chi connectivity index (χ0v) is 11.5. The lowest BCUT2D eigenvalue weighted by molar-refractivity contribution is -0.137. The summed E-state index contributed by atoms with van der Waals surface area (Å²) < 4.78 is 0. The van der Waals surface area contributed by atoms with Crippen LogP contribution in [0.5, 0.6) is 0 Å². The Hall–Kier alpha value is -1.30. The summed E-state index contributed by atoms with van der Waals surface area (Å²) in [5.41, 5.74) is 0. The Morgan fingerprint density at radius 3 is 2.28 bits per heavy atom. The largest absolute Gasteiger partial charge is 0.481 e. The van der Waals surface area contributed by atoms with Gasteiger partial charge in [0.25, 0.3) is 0 Å². The molecule has 0 bridgehead atoms. The van der Waals surface area contributed by atoms with Crippen LogP contribution in [0.4, 0.5) is 4.79 Å². The zero-order valence-electron chi connectivity index (χ0n) is 11.5. The van der Waals surface area contributed by atoms with E-state index in [1.807, 2.05) is 6.92 Å². The van der Waals surface area contributed by atoms with Crippen LogP contribution in [0.15, 0.2) is 0 Å². The van der Waals surface area contributed by atoms with Crippen LogP contribution >= 0.6 is 0 Å². The number of rotatable bonds is 9. The van der Waals surface area contributed by atoms with Crippen molar-refractivity contribution in [3.63, 3.8) is 0 Å². The van der Waals surface area contributed by atoms with Crippen molar-refractivity contribution in [2.24, 2.45) is 0 Å². The van der Waals surface area contributed by atoms with Crippen LogP contribution in [0, 0.1) is 0 Å². The number of likely N-dealkylation sites (N-methyl/N-ethyl adjacent to an activating group) is 1. The van der Waals surface area contributed by atoms with Crippen molar-refractivity contribution < 1.29 is 14.7 Å². The van der Waals surface area contributed by atoms with E-state index in [9.17, 15) is 9.59 Å². The highest BCUT2D eigenvalue weighted by Crippen LogP contribution is 1.97. The number of carboxylic acids is 1. The van der Waals surface area contributed by atoms with Gasteiger partial charge in [-0.05, 0) is 19.5 Å². The lowest BCUT2D eigenvalue weighted by atomic mass is 10.1. The Balaban J connectivity index is 3.84. The number of carbonyl (C=O) groups excluding carboxylic acids is 1. The Kier molecular flexibility index (Phi) is 9.00. The molecule has 0 aliphatic rings. The molecule has 0 spiro atoms. The summed E-state index contributed by atoms with van der Waals surface area (Å²) in [5.74, 6) is -0.898. The molecule has 1 unspecified atom stereocenters. The summed E-state index contributed by atoms with van der Waals surface area (Å²) in [5, 5.41) is 14.1. The van der Waals surface area contributed by atoms with E-state index in [1.165, 1.54) is 0 Å². The molecule has 0 aromatic rings. The predicted octanol–water partition coefficient (Wildman–Crippen LogP) is 0.881. The molecule has 18 heavy (non-hydrogen) atoms. The number of nitrogens with zero attached hydrogens (tertiary/aromatic N) is 1. The summed E-state index contributed by atoms with van der Waals surface area (Å²) in [4.78, 5) is 24.3. The van der Waals surface area contributed by atoms with Crippen molar-refractivity contribution in [2.45, 2.75) is 39.7 Å². The Morgan fingerprint density at radius 2 is 1.83 bits per heavy atom. The highest BCUT2D eigenvalue weighted by molar-refractivity contribution is 5.75. The quantitative estimate of drug-likeness (QED) is 0.574. The van der Waals surface area contributed by atoms with Gasteiger partial charge in [0.15, 0.2) is 0 Å². The fraction of sp³-hybridized carbons (Fsp3) is 0.833. The maximum atomic E-state index is 11.5. The first-order valence-electron chi connectivity index (χ1n) is 6.51. The lowest BCUT2D eigenvalue weighted by Crippen LogP contribution is -2.45. The minimum atomic E-state index is -0.898. The maximum absolute atomic E-state index is 11.5. The third kappa shape index (κ3) is 7.89. The van der Waals surface area contributed by atoms with Gasteiger partial charge >= 0.3 is 12.0 Å². The van der Waals surface area contributed by atoms with Gasteiger partial charge in [-0.25, -0.2) is 4.79 Å². The van der Waals surface area contributed by atoms with Gasteiger partial charge in [-0.1, -0.05) is 20.8 Å². The summed E-state index contributed by atoms with van der Waals surface area (Å²) >= 11 is 0. The van der Waals surface area contributed by atoms with Crippen molar-refractivity contribution in [1.29, 1.82) is 0 Å². The Bertz CT molecular complexity index is 255. The Morgan fingerprint density at radius 1 is 1.22 bits per heavy atom. The van der Waals surface area contributed by atoms with Gasteiger partial charge in [0, 0.05) is 19.1 Å². The maximum Gasteiger partial charge on any atom is 0.315 e. The van der Waals surface area contributed by atoms with E-state index in [0.717, 1.165) is 19.6 Å². The molecule has 0 aromatic carbocycles. The molecule has 6 heteroatoms. The van der Waals surface area contributed by atoms with Crippen molar-refractivity contribution >= 4 is 12.0 Å². The first-order chi connectivity index (χ1) is 8.53. The highest BCUT2D eigenvalue weighted by atomic mass is 16.4. The Labute approximate surface area is 109 Å². The third-order valence-corrected chi connectivity index (χ3v) is 2.86. The van der Waals surface area contributed by atoms with Gasteiger partial charge in [0.2, 0.25) is 0 Å². The molecule has 1 atom stereocenters. The fourth-order valence-corrected chi connectivity index (χ4v) is 1.61. The highest BCUT2D eigenvalue weighted by Gasteiger charge is 2.13. The number of amides is 2. The van der Waals surface area contributed by atoms with Crippen LogP contribution < -0.4 is 10.6 Å². The molecule has 6 nitrogen and oxygen atoms in total. The summed E-state index contributed by atoms with van der Waals surface area (Å²) in [6, 6.07) is -0.605. The van der Waals surface area contributed by atoms with E-state index in [-0.39, 0.29) is 18.5 Å². The second-order valence-electron chi connectivity index (χ2n) is 4.13. The van der Waals surface area contributed by atoms with Crippen LogP contribution in [0.25, 0.3) is 0 Å². The molecule has 0 saturated heterocycles. The number of carbonyl (C=O) groups is 2. The van der Waals surface area contributed by atoms with E-state index >= 15 is 0 Å². The number of aliphatic carboxylic acids is 1. The average Bonchev–Trinajstić information content (AvgIpc) is 2.33. The van der Waals surface area contributed by atoms with E-state index in [0.29, 0.717) is 13.0 Å². The number of hydrogen-bond donors (Lipinski definition) is 3. The first kappa shape index (κ1) is 16.7. The van der Waals surface area contributed by atoms with Gasteiger partial charge in [0.05, 0.1) is 6.42 Å². The minimum absolute atomic E-state index is 0.0417. The molecule has 0 saturated carbocycles. The molecule has 0 radical (unpaired) electrons. The second kappa shape index (κ2) is 9.70. The average molecular weight is 259 g/mol.